The van der Waals surface area contributed by atoms with Crippen molar-refractivity contribution in [2.75, 3.05) is 6.16 Å². The summed E-state index contributed by atoms with van der Waals surface area (Å²) in [5, 5.41) is 0. The van der Waals surface area contributed by atoms with Crippen molar-refractivity contribution in [1.82, 2.24) is 0 Å². The Morgan fingerprint density at radius 2 is 2.06 bits per heavy atom. The molecule has 0 radical (unpaired) electrons. The first-order chi connectivity index (χ1) is 8.04. The Bertz CT molecular complexity index is 442. The summed E-state index contributed by atoms with van der Waals surface area (Å²) in [7, 11) is -3.85. The highest BCUT2D eigenvalue weighted by Crippen LogP contribution is 2.43. The van der Waals surface area contributed by atoms with Crippen LogP contribution in [0.3, 0.4) is 0 Å². The molecule has 0 saturated heterocycles. The fourth-order valence-electron chi connectivity index (χ4n) is 1.71. The normalized spacial score (nSPS) is 14.1. The SMILES string of the molecule is CCc1cccc(OP(=O)(O)CC=O)c1CC. The Labute approximate surface area is 101 Å². The Morgan fingerprint density at radius 3 is 2.59 bits per heavy atom. The Kier molecular flexibility index (Phi) is 4.91. The molecule has 1 N–H and O–H groups in total. The fourth-order valence-corrected chi connectivity index (χ4v) is 2.46. The van der Waals surface area contributed by atoms with E-state index in [0.29, 0.717) is 12.0 Å². The number of benzene rings is 1. The molecule has 0 bridgehead atoms. The third-order valence-electron chi connectivity index (χ3n) is 2.51. The molecule has 4 nitrogen and oxygen atoms in total. The molecular formula is C12H17O4P. The maximum absolute atomic E-state index is 11.6. The van der Waals surface area contributed by atoms with Gasteiger partial charge in [-0.25, -0.2) is 4.57 Å². The minimum atomic E-state index is -3.85. The summed E-state index contributed by atoms with van der Waals surface area (Å²) in [6, 6.07) is 5.41. The first kappa shape index (κ1) is 13.9. The Hall–Kier alpha value is -1.12. The van der Waals surface area contributed by atoms with Gasteiger partial charge in [0.1, 0.15) is 18.2 Å². The van der Waals surface area contributed by atoms with Gasteiger partial charge in [-0.2, -0.15) is 0 Å². The average Bonchev–Trinajstić information content (AvgIpc) is 2.27. The second-order valence-corrected chi connectivity index (χ2v) is 5.50. The van der Waals surface area contributed by atoms with Crippen molar-refractivity contribution in [3.05, 3.63) is 29.3 Å². The van der Waals surface area contributed by atoms with Crippen LogP contribution in [-0.4, -0.2) is 17.3 Å². The lowest BCUT2D eigenvalue weighted by atomic mass is 10.0. The van der Waals surface area contributed by atoms with Gasteiger partial charge in [0.25, 0.3) is 0 Å². The van der Waals surface area contributed by atoms with Crippen molar-refractivity contribution in [2.24, 2.45) is 0 Å². The number of aldehydes is 1. The molecular weight excluding hydrogens is 239 g/mol. The lowest BCUT2D eigenvalue weighted by molar-refractivity contribution is -0.106. The van der Waals surface area contributed by atoms with E-state index in [-0.39, 0.29) is 0 Å². The molecule has 1 aromatic carbocycles. The lowest BCUT2D eigenvalue weighted by Gasteiger charge is -2.16. The third-order valence-corrected chi connectivity index (χ3v) is 3.60. The van der Waals surface area contributed by atoms with E-state index >= 15 is 0 Å². The summed E-state index contributed by atoms with van der Waals surface area (Å²) >= 11 is 0. The molecule has 94 valence electrons. The van der Waals surface area contributed by atoms with Gasteiger partial charge in [0.15, 0.2) is 0 Å². The largest absolute Gasteiger partial charge is 0.424 e. The zero-order valence-electron chi connectivity index (χ0n) is 10.0. The molecule has 0 amide bonds. The van der Waals surface area contributed by atoms with Gasteiger partial charge < -0.3 is 14.2 Å². The number of carbonyl (C=O) groups is 1. The van der Waals surface area contributed by atoms with Crippen molar-refractivity contribution < 1.29 is 18.8 Å². The molecule has 0 aromatic heterocycles. The van der Waals surface area contributed by atoms with E-state index in [4.69, 9.17) is 4.52 Å². The van der Waals surface area contributed by atoms with Crippen LogP contribution < -0.4 is 4.52 Å². The summed E-state index contributed by atoms with van der Waals surface area (Å²) in [4.78, 5) is 19.7. The van der Waals surface area contributed by atoms with Gasteiger partial charge >= 0.3 is 7.60 Å². The average molecular weight is 256 g/mol. The minimum Gasteiger partial charge on any atom is -0.424 e. The highest BCUT2D eigenvalue weighted by molar-refractivity contribution is 7.54. The van der Waals surface area contributed by atoms with Gasteiger partial charge in [-0.1, -0.05) is 26.0 Å². The summed E-state index contributed by atoms with van der Waals surface area (Å²) in [5.41, 5.74) is 2.02. The van der Waals surface area contributed by atoms with Crippen molar-refractivity contribution in [2.45, 2.75) is 26.7 Å². The van der Waals surface area contributed by atoms with E-state index in [1.165, 1.54) is 0 Å². The Balaban J connectivity index is 3.06. The van der Waals surface area contributed by atoms with Crippen LogP contribution in [0.5, 0.6) is 5.75 Å². The van der Waals surface area contributed by atoms with Gasteiger partial charge in [0, 0.05) is 0 Å². The van der Waals surface area contributed by atoms with Crippen molar-refractivity contribution >= 4 is 13.9 Å². The molecule has 0 spiro atoms. The minimum absolute atomic E-state index is 0.399. The van der Waals surface area contributed by atoms with E-state index in [9.17, 15) is 14.3 Å². The van der Waals surface area contributed by atoms with Crippen LogP contribution in [0.4, 0.5) is 0 Å². The second kappa shape index (κ2) is 5.99. The maximum atomic E-state index is 11.6. The number of hydrogen-bond donors (Lipinski definition) is 1. The van der Waals surface area contributed by atoms with Crippen LogP contribution in [-0.2, 0) is 22.2 Å². The van der Waals surface area contributed by atoms with Gasteiger partial charge in [0.05, 0.1) is 0 Å². The number of carbonyl (C=O) groups excluding carboxylic acids is 1. The second-order valence-electron chi connectivity index (χ2n) is 3.68. The molecule has 0 fully saturated rings. The lowest BCUT2D eigenvalue weighted by Crippen LogP contribution is -2.02. The molecule has 17 heavy (non-hydrogen) atoms. The van der Waals surface area contributed by atoms with E-state index in [2.05, 4.69) is 0 Å². The van der Waals surface area contributed by atoms with Crippen molar-refractivity contribution in [3.8, 4) is 5.75 Å². The first-order valence-electron chi connectivity index (χ1n) is 5.59. The predicted molar refractivity (Wildman–Crippen MR) is 66.6 cm³/mol. The van der Waals surface area contributed by atoms with Gasteiger partial charge in [-0.15, -0.1) is 0 Å². The molecule has 5 heteroatoms. The molecule has 0 aliphatic rings. The molecule has 1 aromatic rings. The molecule has 0 aliphatic carbocycles. The fraction of sp³-hybridized carbons (Fsp3) is 0.417. The molecule has 0 saturated carbocycles. The quantitative estimate of drug-likeness (QED) is 0.627. The van der Waals surface area contributed by atoms with Gasteiger partial charge in [-0.05, 0) is 30.0 Å². The van der Waals surface area contributed by atoms with Crippen LogP contribution in [0.2, 0.25) is 0 Å². The number of hydrogen-bond acceptors (Lipinski definition) is 3. The van der Waals surface area contributed by atoms with Crippen LogP contribution >= 0.6 is 7.60 Å². The zero-order valence-corrected chi connectivity index (χ0v) is 10.9. The number of rotatable bonds is 6. The monoisotopic (exact) mass is 256 g/mol. The summed E-state index contributed by atoms with van der Waals surface area (Å²) in [6.07, 6.45) is 1.48. The zero-order chi connectivity index (χ0) is 12.9. The van der Waals surface area contributed by atoms with E-state index in [1.807, 2.05) is 19.9 Å². The molecule has 0 heterocycles. The summed E-state index contributed by atoms with van der Waals surface area (Å²) in [5.74, 6) is 0.402. The Morgan fingerprint density at radius 1 is 1.35 bits per heavy atom. The van der Waals surface area contributed by atoms with Crippen molar-refractivity contribution in [1.29, 1.82) is 0 Å². The van der Waals surface area contributed by atoms with E-state index in [1.54, 1.807) is 12.1 Å². The number of aryl methyl sites for hydroxylation is 1. The first-order valence-corrected chi connectivity index (χ1v) is 7.36. The van der Waals surface area contributed by atoms with Crippen molar-refractivity contribution in [3.63, 3.8) is 0 Å². The molecule has 0 aliphatic heterocycles. The van der Waals surface area contributed by atoms with Crippen LogP contribution in [0.15, 0.2) is 18.2 Å². The highest BCUT2D eigenvalue weighted by Gasteiger charge is 2.22. The highest BCUT2D eigenvalue weighted by atomic mass is 31.2. The maximum Gasteiger partial charge on any atom is 0.383 e. The van der Waals surface area contributed by atoms with Gasteiger partial charge in [-0.3, -0.25) is 0 Å². The third kappa shape index (κ3) is 3.69. The smallest absolute Gasteiger partial charge is 0.383 e. The summed E-state index contributed by atoms with van der Waals surface area (Å²) in [6.45, 7) is 3.98. The van der Waals surface area contributed by atoms with E-state index in [0.717, 1.165) is 24.0 Å². The standard InChI is InChI=1S/C12H17O4P/c1-3-10-6-5-7-12(11(10)4-2)16-17(14,15)9-8-13/h5-8H,3-4,9H2,1-2H3,(H,14,15). The van der Waals surface area contributed by atoms with Crippen LogP contribution in [0.25, 0.3) is 0 Å². The predicted octanol–water partition coefficient (Wildman–Crippen LogP) is 2.57. The summed E-state index contributed by atoms with van der Waals surface area (Å²) < 4.78 is 16.6. The van der Waals surface area contributed by atoms with Crippen LogP contribution in [0, 0.1) is 0 Å². The molecule has 1 atom stereocenters. The van der Waals surface area contributed by atoms with E-state index < -0.39 is 13.8 Å². The van der Waals surface area contributed by atoms with Gasteiger partial charge in [0.2, 0.25) is 0 Å². The van der Waals surface area contributed by atoms with Crippen LogP contribution in [0.1, 0.15) is 25.0 Å². The molecule has 1 unspecified atom stereocenters. The topological polar surface area (TPSA) is 63.6 Å². The molecule has 1 rings (SSSR count).